The molecule has 160 valence electrons. The van der Waals surface area contributed by atoms with E-state index in [2.05, 4.69) is 15.0 Å². The van der Waals surface area contributed by atoms with Crippen molar-refractivity contribution in [1.29, 1.82) is 0 Å². The van der Waals surface area contributed by atoms with E-state index in [0.29, 0.717) is 5.69 Å². The topological polar surface area (TPSA) is 93.1 Å². The maximum atomic E-state index is 13.3. The van der Waals surface area contributed by atoms with Crippen molar-refractivity contribution >= 4 is 32.7 Å². The number of hydrogen-bond acceptors (Lipinski definition) is 4. The number of carbonyl (C=O) groups excluding carboxylic acids is 1. The summed E-state index contributed by atoms with van der Waals surface area (Å²) in [6, 6.07) is 11.6. The van der Waals surface area contributed by atoms with Crippen molar-refractivity contribution in [2.75, 3.05) is 11.9 Å². The third kappa shape index (κ3) is 4.79. The quantitative estimate of drug-likeness (QED) is 0.589. The van der Waals surface area contributed by atoms with Gasteiger partial charge in [0.25, 0.3) is 0 Å². The van der Waals surface area contributed by atoms with Crippen molar-refractivity contribution in [2.45, 2.75) is 31.0 Å². The number of carbonyl (C=O) groups is 1. The molecule has 2 N–H and O–H groups in total. The summed E-state index contributed by atoms with van der Waals surface area (Å²) in [5.41, 5.74) is 0.887. The zero-order valence-corrected chi connectivity index (χ0v) is 16.7. The van der Waals surface area contributed by atoms with Crippen LogP contribution in [-0.2, 0) is 27.5 Å². The lowest BCUT2D eigenvalue weighted by Crippen LogP contribution is -2.28. The van der Waals surface area contributed by atoms with E-state index in [1.54, 1.807) is 19.1 Å². The fraction of sp³-hybridized carbons (Fsp3) is 0.263. The number of sulfonamides is 1. The van der Waals surface area contributed by atoms with E-state index in [-0.39, 0.29) is 41.3 Å². The zero-order chi connectivity index (χ0) is 21.9. The second-order valence-electron chi connectivity index (χ2n) is 6.40. The number of aromatic nitrogens is 2. The molecule has 3 aromatic rings. The number of anilines is 1. The average molecular weight is 440 g/mol. The van der Waals surface area contributed by atoms with Crippen LogP contribution < -0.4 is 10.0 Å². The lowest BCUT2D eigenvalue weighted by Gasteiger charge is -2.12. The highest BCUT2D eigenvalue weighted by Gasteiger charge is 2.37. The Bertz CT molecular complexity index is 1160. The van der Waals surface area contributed by atoms with Crippen LogP contribution >= 0.6 is 0 Å². The largest absolute Gasteiger partial charge is 0.449 e. The Kier molecular flexibility index (Phi) is 6.13. The van der Waals surface area contributed by atoms with Crippen molar-refractivity contribution in [3.05, 3.63) is 54.4 Å². The summed E-state index contributed by atoms with van der Waals surface area (Å²) in [4.78, 5) is 14.9. The minimum atomic E-state index is -4.67. The summed E-state index contributed by atoms with van der Waals surface area (Å²) >= 11 is 0. The number of hydrogen-bond donors (Lipinski definition) is 2. The molecule has 0 spiro atoms. The van der Waals surface area contributed by atoms with Crippen LogP contribution in [0.4, 0.5) is 18.9 Å². The van der Waals surface area contributed by atoms with Gasteiger partial charge in [-0.15, -0.1) is 0 Å². The maximum absolute atomic E-state index is 13.3. The van der Waals surface area contributed by atoms with Crippen LogP contribution in [0, 0.1) is 0 Å². The molecule has 30 heavy (non-hydrogen) atoms. The van der Waals surface area contributed by atoms with Crippen LogP contribution in [0.1, 0.15) is 19.2 Å². The number of para-hydroxylation sites is 2. The first-order chi connectivity index (χ1) is 14.1. The number of nitrogens with one attached hydrogen (secondary N) is 2. The van der Waals surface area contributed by atoms with Crippen molar-refractivity contribution in [3.63, 3.8) is 0 Å². The molecule has 0 unspecified atom stereocenters. The first kappa shape index (κ1) is 21.8. The molecule has 0 bridgehead atoms. The molecule has 7 nitrogen and oxygen atoms in total. The molecule has 0 atom stereocenters. The molecule has 11 heteroatoms. The number of rotatable bonds is 7. The number of benzene rings is 2. The Balaban J connectivity index is 1.74. The van der Waals surface area contributed by atoms with E-state index in [0.717, 1.165) is 4.57 Å². The van der Waals surface area contributed by atoms with Gasteiger partial charge in [-0.05, 0) is 36.4 Å². The molecule has 0 aliphatic carbocycles. The minimum absolute atomic E-state index is 0.0662. The van der Waals surface area contributed by atoms with Gasteiger partial charge >= 0.3 is 6.18 Å². The lowest BCUT2D eigenvalue weighted by atomic mass is 10.3. The summed E-state index contributed by atoms with van der Waals surface area (Å²) in [5, 5.41) is 2.60. The van der Waals surface area contributed by atoms with Gasteiger partial charge in [0.1, 0.15) is 0 Å². The molecule has 0 saturated carbocycles. The zero-order valence-electron chi connectivity index (χ0n) is 15.9. The van der Waals surface area contributed by atoms with Crippen molar-refractivity contribution in [2.24, 2.45) is 0 Å². The van der Waals surface area contributed by atoms with Gasteiger partial charge in [0, 0.05) is 25.2 Å². The Labute approximate surface area is 171 Å². The fourth-order valence-corrected chi connectivity index (χ4v) is 3.88. The molecule has 3 rings (SSSR count). The monoisotopic (exact) mass is 440 g/mol. The van der Waals surface area contributed by atoms with Crippen LogP contribution in [0.3, 0.4) is 0 Å². The van der Waals surface area contributed by atoms with Gasteiger partial charge in [-0.25, -0.2) is 18.1 Å². The summed E-state index contributed by atoms with van der Waals surface area (Å²) in [5.74, 6) is -1.30. The molecular weight excluding hydrogens is 421 g/mol. The average Bonchev–Trinajstić information content (AvgIpc) is 3.07. The van der Waals surface area contributed by atoms with E-state index < -0.39 is 22.0 Å². The van der Waals surface area contributed by atoms with E-state index in [1.807, 2.05) is 0 Å². The number of fused-ring (bicyclic) bond motifs is 1. The highest BCUT2D eigenvalue weighted by molar-refractivity contribution is 7.89. The maximum Gasteiger partial charge on any atom is 0.449 e. The van der Waals surface area contributed by atoms with Gasteiger partial charge in [0.2, 0.25) is 21.8 Å². The SMILES string of the molecule is CCC(=O)Nc1ccc(S(=O)(=O)NCCn2c(C(F)(F)F)nc3ccccc32)cc1. The molecule has 0 saturated heterocycles. The highest BCUT2D eigenvalue weighted by atomic mass is 32.2. The summed E-state index contributed by atoms with van der Waals surface area (Å²) in [6.07, 6.45) is -4.39. The molecule has 0 aliphatic heterocycles. The van der Waals surface area contributed by atoms with Gasteiger partial charge in [0.05, 0.1) is 15.9 Å². The standard InChI is InChI=1S/C19H19F3N4O3S/c1-2-17(27)24-13-7-9-14(10-8-13)30(28,29)23-11-12-26-16-6-4-3-5-15(16)25-18(26)19(20,21)22/h3-10,23H,2,11-12H2,1H3,(H,24,27). The Morgan fingerprint density at radius 1 is 1.10 bits per heavy atom. The van der Waals surface area contributed by atoms with Crippen LogP contribution in [-0.4, -0.2) is 30.4 Å². The molecule has 1 amide bonds. The number of nitrogens with zero attached hydrogens (tertiary/aromatic N) is 2. The Morgan fingerprint density at radius 2 is 1.77 bits per heavy atom. The third-order valence-corrected chi connectivity index (χ3v) is 5.78. The van der Waals surface area contributed by atoms with E-state index in [1.165, 1.54) is 36.4 Å². The smallest absolute Gasteiger partial charge is 0.326 e. The summed E-state index contributed by atoms with van der Waals surface area (Å²) < 4.78 is 68.1. The second-order valence-corrected chi connectivity index (χ2v) is 8.16. The van der Waals surface area contributed by atoms with Crippen molar-refractivity contribution in [1.82, 2.24) is 14.3 Å². The van der Waals surface area contributed by atoms with Crippen molar-refractivity contribution < 1.29 is 26.4 Å². The Hall–Kier alpha value is -2.92. The van der Waals surface area contributed by atoms with Gasteiger partial charge in [-0.3, -0.25) is 4.79 Å². The molecule has 2 aromatic carbocycles. The second kappa shape index (κ2) is 8.44. The molecular formula is C19H19F3N4O3S. The number of imidazole rings is 1. The van der Waals surface area contributed by atoms with Gasteiger partial charge < -0.3 is 9.88 Å². The fourth-order valence-electron chi connectivity index (χ4n) is 2.86. The molecule has 0 radical (unpaired) electrons. The summed E-state index contributed by atoms with van der Waals surface area (Å²) in [7, 11) is -3.94. The van der Waals surface area contributed by atoms with Crippen LogP contribution in [0.2, 0.25) is 0 Å². The lowest BCUT2D eigenvalue weighted by molar-refractivity contribution is -0.146. The third-order valence-electron chi connectivity index (χ3n) is 4.31. The van der Waals surface area contributed by atoms with Gasteiger partial charge in [-0.2, -0.15) is 13.2 Å². The molecule has 0 fully saturated rings. The van der Waals surface area contributed by atoms with Crippen LogP contribution in [0.25, 0.3) is 11.0 Å². The first-order valence-electron chi connectivity index (χ1n) is 9.04. The minimum Gasteiger partial charge on any atom is -0.326 e. The van der Waals surface area contributed by atoms with Gasteiger partial charge in [-0.1, -0.05) is 19.1 Å². The first-order valence-corrected chi connectivity index (χ1v) is 10.5. The Morgan fingerprint density at radius 3 is 2.40 bits per heavy atom. The molecule has 1 aromatic heterocycles. The van der Waals surface area contributed by atoms with Crippen LogP contribution in [0.15, 0.2) is 53.4 Å². The normalized spacial score (nSPS) is 12.3. The number of alkyl halides is 3. The van der Waals surface area contributed by atoms with E-state index in [9.17, 15) is 26.4 Å². The number of amides is 1. The predicted octanol–water partition coefficient (Wildman–Crippen LogP) is 3.38. The van der Waals surface area contributed by atoms with E-state index >= 15 is 0 Å². The summed E-state index contributed by atoms with van der Waals surface area (Å²) in [6.45, 7) is 1.17. The molecule has 0 aliphatic rings. The predicted molar refractivity (Wildman–Crippen MR) is 105 cm³/mol. The highest BCUT2D eigenvalue weighted by Crippen LogP contribution is 2.31. The van der Waals surface area contributed by atoms with E-state index in [4.69, 9.17) is 0 Å². The van der Waals surface area contributed by atoms with Gasteiger partial charge in [0.15, 0.2) is 0 Å². The van der Waals surface area contributed by atoms with Crippen molar-refractivity contribution in [3.8, 4) is 0 Å². The van der Waals surface area contributed by atoms with Crippen LogP contribution in [0.5, 0.6) is 0 Å². The number of halogens is 3. The molecule has 1 heterocycles.